The maximum atomic E-state index is 5.36. The smallest absolute Gasteiger partial charge is 0.238 e. The molecule has 0 saturated carbocycles. The third-order valence-electron chi connectivity index (χ3n) is 12.5. The molecule has 6 heteroatoms. The van der Waals surface area contributed by atoms with E-state index in [0.717, 1.165) is 60.7 Å². The number of benzene rings is 9. The summed E-state index contributed by atoms with van der Waals surface area (Å²) in [5, 5.41) is 6.99. The quantitative estimate of drug-likeness (QED) is 0.168. The molecule has 4 aromatic heterocycles. The number of aromatic nitrogens is 6. The molecule has 13 rings (SSSR count). The Morgan fingerprint density at radius 3 is 1.24 bits per heavy atom. The van der Waals surface area contributed by atoms with Gasteiger partial charge in [-0.25, -0.2) is 4.98 Å². The van der Waals surface area contributed by atoms with E-state index in [-0.39, 0.29) is 0 Å². The molecule has 0 atom stereocenters. The lowest BCUT2D eigenvalue weighted by Crippen LogP contribution is -2.07. The molecule has 4 heterocycles. The van der Waals surface area contributed by atoms with Crippen molar-refractivity contribution in [1.82, 2.24) is 28.7 Å². The van der Waals surface area contributed by atoms with Crippen molar-refractivity contribution in [3.05, 3.63) is 218 Å². The minimum atomic E-state index is 0.552. The molecular formula is C57H36N6. The van der Waals surface area contributed by atoms with Gasteiger partial charge < -0.3 is 9.13 Å². The van der Waals surface area contributed by atoms with Gasteiger partial charge in [0.05, 0.1) is 33.1 Å². The van der Waals surface area contributed by atoms with Crippen molar-refractivity contribution in [3.63, 3.8) is 0 Å². The lowest BCUT2D eigenvalue weighted by Gasteiger charge is -2.14. The molecule has 13 aromatic rings. The van der Waals surface area contributed by atoms with E-state index in [2.05, 4.69) is 196 Å². The topological polar surface area (TPSA) is 53.5 Å². The first-order chi connectivity index (χ1) is 31.3. The SMILES string of the molecule is c1ccc(-c2ccc(-n3c4ccccc4c4ccc5c6cc(-n7c8ccccc8c8ccccc87)ccc6n(-c6nc(-c7ccccc7)nc(-c7ccccc7)n6)c5c43)cc2)cc1. The summed E-state index contributed by atoms with van der Waals surface area (Å²) in [7, 11) is 0. The number of rotatable bonds is 6. The molecule has 9 aromatic carbocycles. The second kappa shape index (κ2) is 14.0. The highest BCUT2D eigenvalue weighted by atomic mass is 15.2. The summed E-state index contributed by atoms with van der Waals surface area (Å²) in [6.45, 7) is 0. The van der Waals surface area contributed by atoms with Gasteiger partial charge in [-0.05, 0) is 59.7 Å². The van der Waals surface area contributed by atoms with Crippen LogP contribution in [0.5, 0.6) is 0 Å². The normalized spacial score (nSPS) is 11.8. The van der Waals surface area contributed by atoms with Crippen LogP contribution in [0.1, 0.15) is 0 Å². The van der Waals surface area contributed by atoms with Gasteiger partial charge in [-0.2, -0.15) is 9.97 Å². The van der Waals surface area contributed by atoms with Gasteiger partial charge in [-0.3, -0.25) is 4.57 Å². The van der Waals surface area contributed by atoms with Crippen molar-refractivity contribution >= 4 is 65.4 Å². The van der Waals surface area contributed by atoms with Gasteiger partial charge in [0.25, 0.3) is 0 Å². The second-order valence-electron chi connectivity index (χ2n) is 16.0. The highest BCUT2D eigenvalue weighted by Crippen LogP contribution is 2.43. The molecule has 0 aliphatic carbocycles. The van der Waals surface area contributed by atoms with E-state index in [1.54, 1.807) is 0 Å². The van der Waals surface area contributed by atoms with E-state index in [0.29, 0.717) is 17.6 Å². The zero-order valence-corrected chi connectivity index (χ0v) is 34.0. The molecule has 0 N–H and O–H groups in total. The zero-order valence-electron chi connectivity index (χ0n) is 34.0. The molecule has 6 nitrogen and oxygen atoms in total. The number of nitrogens with zero attached hydrogens (tertiary/aromatic N) is 6. The van der Waals surface area contributed by atoms with Crippen LogP contribution >= 0.6 is 0 Å². The molecule has 0 unspecified atom stereocenters. The molecule has 63 heavy (non-hydrogen) atoms. The first-order valence-electron chi connectivity index (χ1n) is 21.3. The van der Waals surface area contributed by atoms with Crippen LogP contribution in [0.3, 0.4) is 0 Å². The molecule has 0 fully saturated rings. The number of para-hydroxylation sites is 3. The van der Waals surface area contributed by atoms with Crippen LogP contribution in [0.2, 0.25) is 0 Å². The largest absolute Gasteiger partial charge is 0.309 e. The third-order valence-corrected chi connectivity index (χ3v) is 12.5. The predicted molar refractivity (Wildman–Crippen MR) is 259 cm³/mol. The summed E-state index contributed by atoms with van der Waals surface area (Å²) < 4.78 is 7.08. The van der Waals surface area contributed by atoms with Crippen molar-refractivity contribution < 1.29 is 0 Å². The molecule has 294 valence electrons. The van der Waals surface area contributed by atoms with Crippen LogP contribution in [0.4, 0.5) is 0 Å². The highest BCUT2D eigenvalue weighted by molar-refractivity contribution is 6.24. The van der Waals surface area contributed by atoms with Crippen LogP contribution in [-0.4, -0.2) is 28.7 Å². The molecular weight excluding hydrogens is 769 g/mol. The number of hydrogen-bond acceptors (Lipinski definition) is 3. The Morgan fingerprint density at radius 2 is 0.667 bits per heavy atom. The lowest BCUT2D eigenvalue weighted by molar-refractivity contribution is 0.953. The minimum absolute atomic E-state index is 0.552. The van der Waals surface area contributed by atoms with Crippen LogP contribution in [0.25, 0.3) is 117 Å². The van der Waals surface area contributed by atoms with Gasteiger partial charge in [-0.1, -0.05) is 170 Å². The summed E-state index contributed by atoms with van der Waals surface area (Å²) in [6.07, 6.45) is 0. The molecule has 0 bridgehead atoms. The van der Waals surface area contributed by atoms with Crippen LogP contribution in [0.15, 0.2) is 218 Å². The maximum Gasteiger partial charge on any atom is 0.238 e. The minimum Gasteiger partial charge on any atom is -0.309 e. The maximum absolute atomic E-state index is 5.36. The van der Waals surface area contributed by atoms with E-state index in [1.165, 1.54) is 38.3 Å². The fourth-order valence-corrected chi connectivity index (χ4v) is 9.69. The third kappa shape index (κ3) is 5.48. The first kappa shape index (κ1) is 35.2. The van der Waals surface area contributed by atoms with E-state index in [1.807, 2.05) is 36.4 Å². The molecule has 0 spiro atoms. The van der Waals surface area contributed by atoms with Gasteiger partial charge >= 0.3 is 0 Å². The molecule has 0 amide bonds. The Morgan fingerprint density at radius 1 is 0.254 bits per heavy atom. The lowest BCUT2D eigenvalue weighted by atomic mass is 10.1. The summed E-state index contributed by atoms with van der Waals surface area (Å²) >= 11 is 0. The predicted octanol–water partition coefficient (Wildman–Crippen LogP) is 14.2. The van der Waals surface area contributed by atoms with Gasteiger partial charge in [0.2, 0.25) is 5.95 Å². The fraction of sp³-hybridized carbons (Fsp3) is 0. The summed E-state index contributed by atoms with van der Waals surface area (Å²) in [5.74, 6) is 1.78. The highest BCUT2D eigenvalue weighted by Gasteiger charge is 2.24. The Bertz CT molecular complexity index is 3770. The van der Waals surface area contributed by atoms with Crippen LogP contribution in [-0.2, 0) is 0 Å². The van der Waals surface area contributed by atoms with E-state index >= 15 is 0 Å². The van der Waals surface area contributed by atoms with Crippen molar-refractivity contribution in [1.29, 1.82) is 0 Å². The average Bonchev–Trinajstić information content (AvgIpc) is 4.00. The standard InChI is InChI=1S/C57H36N6/c1-4-16-37(17-5-1)38-28-30-41(31-29-38)62-51-27-15-12-24-45(51)46-33-34-47-48-36-42(61-49-25-13-10-22-43(49)44-23-11-14-26-50(44)61)32-35-52(48)63(54(47)53(46)62)57-59-55(39-18-6-2-7-19-39)58-56(60-57)40-20-8-3-9-21-40/h1-36H. The van der Waals surface area contributed by atoms with E-state index < -0.39 is 0 Å². The Labute approximate surface area is 362 Å². The van der Waals surface area contributed by atoms with Gasteiger partial charge in [-0.15, -0.1) is 0 Å². The van der Waals surface area contributed by atoms with E-state index in [9.17, 15) is 0 Å². The first-order valence-corrected chi connectivity index (χ1v) is 21.3. The average molecular weight is 805 g/mol. The summed E-state index contributed by atoms with van der Waals surface area (Å²) in [4.78, 5) is 15.8. The van der Waals surface area contributed by atoms with Crippen molar-refractivity contribution in [2.45, 2.75) is 0 Å². The van der Waals surface area contributed by atoms with Crippen LogP contribution in [0, 0.1) is 0 Å². The second-order valence-corrected chi connectivity index (χ2v) is 16.0. The van der Waals surface area contributed by atoms with Crippen molar-refractivity contribution in [2.75, 3.05) is 0 Å². The van der Waals surface area contributed by atoms with Gasteiger partial charge in [0.15, 0.2) is 11.6 Å². The number of fused-ring (bicyclic) bond motifs is 10. The summed E-state index contributed by atoms with van der Waals surface area (Å²) in [5.41, 5.74) is 12.9. The molecule has 0 radical (unpaired) electrons. The Hall–Kier alpha value is -8.61. The Balaban J connectivity index is 1.17. The van der Waals surface area contributed by atoms with Crippen molar-refractivity contribution in [2.24, 2.45) is 0 Å². The van der Waals surface area contributed by atoms with E-state index in [4.69, 9.17) is 15.0 Å². The summed E-state index contributed by atoms with van der Waals surface area (Å²) in [6, 6.07) is 77.4. The van der Waals surface area contributed by atoms with Crippen LogP contribution < -0.4 is 0 Å². The van der Waals surface area contributed by atoms with Gasteiger partial charge in [0.1, 0.15) is 0 Å². The molecule has 0 saturated heterocycles. The molecule has 0 aliphatic rings. The molecule has 0 aliphatic heterocycles. The van der Waals surface area contributed by atoms with Gasteiger partial charge in [0, 0.05) is 54.8 Å². The number of hydrogen-bond donors (Lipinski definition) is 0. The monoisotopic (exact) mass is 804 g/mol. The Kier molecular flexibility index (Phi) is 7.80. The zero-order chi connectivity index (χ0) is 41.4. The fourth-order valence-electron chi connectivity index (χ4n) is 9.69. The van der Waals surface area contributed by atoms with Crippen molar-refractivity contribution in [3.8, 4) is 51.2 Å².